The molecular weight excluding hydrogens is 352 g/mol. The molecule has 138 valence electrons. The van der Waals surface area contributed by atoms with E-state index in [1.54, 1.807) is 47.9 Å². The number of phenolic OH excluding ortho intramolecular Hbond substituents is 1. The molecule has 1 heterocycles. The summed E-state index contributed by atoms with van der Waals surface area (Å²) < 4.78 is 1.56. The van der Waals surface area contributed by atoms with E-state index in [1.165, 1.54) is 6.07 Å². The van der Waals surface area contributed by atoms with Gasteiger partial charge in [-0.25, -0.2) is 4.99 Å². The molecule has 0 atom stereocenters. The summed E-state index contributed by atoms with van der Waals surface area (Å²) in [6.45, 7) is 1.65. The van der Waals surface area contributed by atoms with Crippen molar-refractivity contribution in [1.82, 2.24) is 4.57 Å². The first-order valence-corrected chi connectivity index (χ1v) is 8.83. The average Bonchev–Trinajstić information content (AvgIpc) is 2.71. The Morgan fingerprint density at radius 2 is 1.50 bits per heavy atom. The highest BCUT2D eigenvalue weighted by Crippen LogP contribution is 2.30. The second-order valence-corrected chi connectivity index (χ2v) is 6.40. The van der Waals surface area contributed by atoms with E-state index in [0.717, 1.165) is 0 Å². The van der Waals surface area contributed by atoms with Gasteiger partial charge >= 0.3 is 0 Å². The molecule has 0 unspecified atom stereocenters. The molecule has 4 aromatic rings. The lowest BCUT2D eigenvalue weighted by molar-refractivity contribution is 0.476. The minimum atomic E-state index is -0.376. The van der Waals surface area contributed by atoms with Crippen LogP contribution in [0.5, 0.6) is 11.5 Å². The van der Waals surface area contributed by atoms with Crippen molar-refractivity contribution < 1.29 is 10.2 Å². The van der Waals surface area contributed by atoms with Crippen LogP contribution < -0.4 is 5.56 Å². The van der Waals surface area contributed by atoms with Crippen LogP contribution in [0.2, 0.25) is 0 Å². The van der Waals surface area contributed by atoms with Crippen LogP contribution in [0.15, 0.2) is 88.6 Å². The minimum absolute atomic E-state index is 0.00511. The second-order valence-electron chi connectivity index (χ2n) is 6.40. The molecule has 0 spiro atoms. The van der Waals surface area contributed by atoms with Crippen molar-refractivity contribution in [2.24, 2.45) is 4.99 Å². The van der Waals surface area contributed by atoms with E-state index in [1.807, 2.05) is 36.4 Å². The average molecular weight is 370 g/mol. The van der Waals surface area contributed by atoms with Crippen LogP contribution in [-0.2, 0) is 0 Å². The Morgan fingerprint density at radius 3 is 2.25 bits per heavy atom. The van der Waals surface area contributed by atoms with Gasteiger partial charge < -0.3 is 10.2 Å². The van der Waals surface area contributed by atoms with Gasteiger partial charge in [0.25, 0.3) is 5.56 Å². The molecule has 4 rings (SSSR count). The van der Waals surface area contributed by atoms with Crippen LogP contribution in [0.3, 0.4) is 0 Å². The summed E-state index contributed by atoms with van der Waals surface area (Å²) >= 11 is 0. The number of nitrogens with zero attached hydrogens (tertiary/aromatic N) is 2. The second kappa shape index (κ2) is 7.04. The Hall–Kier alpha value is -3.86. The fourth-order valence-corrected chi connectivity index (χ4v) is 3.28. The number of aliphatic imine (C=N–C) groups is 1. The van der Waals surface area contributed by atoms with E-state index in [0.29, 0.717) is 28.0 Å². The number of rotatable bonds is 3. The van der Waals surface area contributed by atoms with Gasteiger partial charge in [0.15, 0.2) is 0 Å². The van der Waals surface area contributed by atoms with E-state index in [9.17, 15) is 15.0 Å². The molecule has 5 heteroatoms. The zero-order valence-electron chi connectivity index (χ0n) is 15.2. The molecule has 1 aromatic heterocycles. The molecule has 0 saturated heterocycles. The van der Waals surface area contributed by atoms with Gasteiger partial charge in [0.2, 0.25) is 0 Å². The predicted molar refractivity (Wildman–Crippen MR) is 111 cm³/mol. The number of pyridine rings is 1. The summed E-state index contributed by atoms with van der Waals surface area (Å²) in [6, 6.07) is 23.1. The lowest BCUT2D eigenvalue weighted by Crippen LogP contribution is -2.25. The number of hydrogen-bond donors (Lipinski definition) is 2. The van der Waals surface area contributed by atoms with Gasteiger partial charge in [-0.1, -0.05) is 42.5 Å². The smallest absolute Gasteiger partial charge is 0.268 e. The Balaban J connectivity index is 2.05. The predicted octanol–water partition coefficient (Wildman–Crippen LogP) is 4.54. The molecule has 0 aliphatic heterocycles. The molecular formula is C23H18N2O3. The summed E-state index contributed by atoms with van der Waals surface area (Å²) in [5.74, 6) is -0.116. The van der Waals surface area contributed by atoms with E-state index in [2.05, 4.69) is 4.99 Å². The third-order valence-electron chi connectivity index (χ3n) is 4.60. The fraction of sp³-hybridized carbons (Fsp3) is 0.0435. The molecule has 0 saturated carbocycles. The molecule has 2 N–H and O–H groups in total. The number of para-hydroxylation sites is 4. The van der Waals surface area contributed by atoms with Gasteiger partial charge in [0.1, 0.15) is 22.7 Å². The molecule has 0 radical (unpaired) electrons. The van der Waals surface area contributed by atoms with E-state index in [4.69, 9.17) is 0 Å². The first-order valence-electron chi connectivity index (χ1n) is 8.83. The molecule has 5 nitrogen and oxygen atoms in total. The number of benzene rings is 3. The van der Waals surface area contributed by atoms with Gasteiger partial charge in [-0.05, 0) is 43.3 Å². The highest BCUT2D eigenvalue weighted by atomic mass is 16.3. The monoisotopic (exact) mass is 370 g/mol. The van der Waals surface area contributed by atoms with Crippen LogP contribution in [0.25, 0.3) is 16.6 Å². The molecule has 0 aliphatic rings. The number of aromatic nitrogens is 1. The van der Waals surface area contributed by atoms with Gasteiger partial charge in [0, 0.05) is 11.1 Å². The number of hydrogen-bond acceptors (Lipinski definition) is 4. The van der Waals surface area contributed by atoms with Gasteiger partial charge in [0.05, 0.1) is 11.2 Å². The lowest BCUT2D eigenvalue weighted by atomic mass is 10.1. The van der Waals surface area contributed by atoms with E-state index < -0.39 is 0 Å². The Bertz CT molecular complexity index is 1260. The Kier molecular flexibility index (Phi) is 4.41. The summed E-state index contributed by atoms with van der Waals surface area (Å²) in [5, 5.41) is 21.4. The topological polar surface area (TPSA) is 74.8 Å². The first-order chi connectivity index (χ1) is 13.6. The molecule has 0 fully saturated rings. The van der Waals surface area contributed by atoms with Crippen molar-refractivity contribution in [2.45, 2.75) is 6.92 Å². The molecule has 3 aromatic carbocycles. The highest BCUT2D eigenvalue weighted by molar-refractivity contribution is 6.06. The normalized spacial score (nSPS) is 11.7. The van der Waals surface area contributed by atoms with Crippen molar-refractivity contribution in [3.05, 3.63) is 94.8 Å². The SMILES string of the molecule is CC(=Nc1ccccc1O)c1c(O)c2ccccc2n(-c2ccccc2)c1=O. The quantitative estimate of drug-likeness (QED) is 0.520. The number of phenols is 1. The zero-order chi connectivity index (χ0) is 19.7. The summed E-state index contributed by atoms with van der Waals surface area (Å²) in [7, 11) is 0. The summed E-state index contributed by atoms with van der Waals surface area (Å²) in [4.78, 5) is 17.8. The minimum Gasteiger partial charge on any atom is -0.506 e. The van der Waals surface area contributed by atoms with Gasteiger partial charge in [-0.3, -0.25) is 9.36 Å². The lowest BCUT2D eigenvalue weighted by Gasteiger charge is -2.15. The van der Waals surface area contributed by atoms with Gasteiger partial charge in [-0.2, -0.15) is 0 Å². The molecule has 0 amide bonds. The largest absolute Gasteiger partial charge is 0.506 e. The number of fused-ring (bicyclic) bond motifs is 1. The van der Waals surface area contributed by atoms with Crippen molar-refractivity contribution >= 4 is 22.3 Å². The van der Waals surface area contributed by atoms with Crippen LogP contribution in [0.4, 0.5) is 5.69 Å². The first kappa shape index (κ1) is 17.5. The van der Waals surface area contributed by atoms with E-state index in [-0.39, 0.29) is 22.6 Å². The van der Waals surface area contributed by atoms with Crippen LogP contribution >= 0.6 is 0 Å². The third-order valence-corrected chi connectivity index (χ3v) is 4.60. The van der Waals surface area contributed by atoms with Crippen molar-refractivity contribution in [3.63, 3.8) is 0 Å². The Morgan fingerprint density at radius 1 is 0.857 bits per heavy atom. The van der Waals surface area contributed by atoms with Crippen molar-refractivity contribution in [3.8, 4) is 17.2 Å². The van der Waals surface area contributed by atoms with Crippen molar-refractivity contribution in [1.29, 1.82) is 0 Å². The molecule has 28 heavy (non-hydrogen) atoms. The van der Waals surface area contributed by atoms with E-state index >= 15 is 0 Å². The maximum atomic E-state index is 13.4. The van der Waals surface area contributed by atoms with Gasteiger partial charge in [-0.15, -0.1) is 0 Å². The Labute approximate surface area is 161 Å². The van der Waals surface area contributed by atoms with Crippen LogP contribution in [0.1, 0.15) is 12.5 Å². The maximum absolute atomic E-state index is 13.4. The fourth-order valence-electron chi connectivity index (χ4n) is 3.28. The number of aromatic hydroxyl groups is 2. The summed E-state index contributed by atoms with van der Waals surface area (Å²) in [5.41, 5.74) is 1.68. The zero-order valence-corrected chi connectivity index (χ0v) is 15.2. The van der Waals surface area contributed by atoms with Crippen molar-refractivity contribution in [2.75, 3.05) is 0 Å². The third kappa shape index (κ3) is 2.93. The van der Waals surface area contributed by atoms with Crippen LogP contribution in [-0.4, -0.2) is 20.5 Å². The molecule has 0 aliphatic carbocycles. The highest BCUT2D eigenvalue weighted by Gasteiger charge is 2.19. The summed E-state index contributed by atoms with van der Waals surface area (Å²) in [6.07, 6.45) is 0. The molecule has 0 bridgehead atoms. The standard InChI is InChI=1S/C23H18N2O3/c1-15(24-18-12-6-8-14-20(18)26)21-22(27)17-11-5-7-13-19(17)25(23(21)28)16-9-3-2-4-10-16/h2-14,26-27H,1H3. The maximum Gasteiger partial charge on any atom is 0.268 e. The van der Waals surface area contributed by atoms with Crippen LogP contribution in [0, 0.1) is 0 Å².